The Morgan fingerprint density at radius 3 is 2.75 bits per heavy atom. The van der Waals surface area contributed by atoms with Gasteiger partial charge >= 0.3 is 0 Å². The Bertz CT molecular complexity index is 790. The first-order chi connectivity index (χ1) is 9.63. The molecule has 1 heterocycles. The minimum absolute atomic E-state index is 0.0301. The summed E-state index contributed by atoms with van der Waals surface area (Å²) in [4.78, 5) is 4.08. The van der Waals surface area contributed by atoms with E-state index < -0.39 is 5.82 Å². The van der Waals surface area contributed by atoms with Crippen molar-refractivity contribution >= 4 is 16.5 Å². The zero-order chi connectivity index (χ0) is 14.1. The van der Waals surface area contributed by atoms with Gasteiger partial charge in [-0.3, -0.25) is 0 Å². The number of pyridine rings is 1. The number of ether oxygens (including phenoxy) is 1. The second-order valence-electron chi connectivity index (χ2n) is 4.31. The zero-order valence-corrected chi connectivity index (χ0v) is 10.4. The van der Waals surface area contributed by atoms with E-state index in [0.717, 1.165) is 5.39 Å². The largest absolute Gasteiger partial charge is 0.508 e. The molecule has 100 valence electrons. The molecule has 0 saturated carbocycles. The van der Waals surface area contributed by atoms with Gasteiger partial charge in [0.15, 0.2) is 11.6 Å². The Labute approximate surface area is 114 Å². The summed E-state index contributed by atoms with van der Waals surface area (Å²) in [6.07, 6.45) is 1.56. The highest BCUT2D eigenvalue weighted by atomic mass is 19.1. The molecule has 0 bridgehead atoms. The van der Waals surface area contributed by atoms with Crippen LogP contribution in [0.3, 0.4) is 0 Å². The van der Waals surface area contributed by atoms with E-state index in [0.29, 0.717) is 11.1 Å². The fourth-order valence-electron chi connectivity index (χ4n) is 1.91. The van der Waals surface area contributed by atoms with Gasteiger partial charge in [-0.2, -0.15) is 0 Å². The summed E-state index contributed by atoms with van der Waals surface area (Å²) in [5, 5.41) is 11.0. The highest BCUT2D eigenvalue weighted by Gasteiger charge is 2.09. The summed E-state index contributed by atoms with van der Waals surface area (Å²) < 4.78 is 19.2. The van der Waals surface area contributed by atoms with Gasteiger partial charge in [-0.1, -0.05) is 6.07 Å². The average molecular weight is 270 g/mol. The number of hydrogen-bond donors (Lipinski definition) is 2. The molecular weight excluding hydrogens is 259 g/mol. The van der Waals surface area contributed by atoms with Crippen LogP contribution in [0.2, 0.25) is 0 Å². The maximum atomic E-state index is 13.7. The SMILES string of the molecule is Nc1ccc(Oc2nccc3ccc(O)cc23)c(F)c1. The number of nitrogens with two attached hydrogens (primary N) is 1. The number of anilines is 1. The van der Waals surface area contributed by atoms with E-state index >= 15 is 0 Å². The Kier molecular flexibility index (Phi) is 2.87. The fourth-order valence-corrected chi connectivity index (χ4v) is 1.91. The standard InChI is InChI=1S/C15H11FN2O2/c16-13-7-10(17)2-4-14(13)20-15-12-8-11(19)3-1-9(12)5-6-18-15/h1-8,19H,17H2. The lowest BCUT2D eigenvalue weighted by Gasteiger charge is -2.09. The Hall–Kier alpha value is -2.82. The number of rotatable bonds is 2. The lowest BCUT2D eigenvalue weighted by Crippen LogP contribution is -1.93. The summed E-state index contributed by atoms with van der Waals surface area (Å²) in [7, 11) is 0. The van der Waals surface area contributed by atoms with Crippen molar-refractivity contribution in [1.82, 2.24) is 4.98 Å². The van der Waals surface area contributed by atoms with Gasteiger partial charge in [-0.05, 0) is 35.7 Å². The fraction of sp³-hybridized carbons (Fsp3) is 0. The number of halogens is 1. The van der Waals surface area contributed by atoms with E-state index in [1.165, 1.54) is 18.2 Å². The van der Waals surface area contributed by atoms with Crippen LogP contribution >= 0.6 is 0 Å². The molecule has 0 radical (unpaired) electrons. The maximum Gasteiger partial charge on any atom is 0.227 e. The Morgan fingerprint density at radius 1 is 1.10 bits per heavy atom. The first-order valence-corrected chi connectivity index (χ1v) is 5.94. The number of aromatic hydroxyl groups is 1. The zero-order valence-electron chi connectivity index (χ0n) is 10.4. The summed E-state index contributed by atoms with van der Waals surface area (Å²) >= 11 is 0. The molecule has 0 aliphatic rings. The van der Waals surface area contributed by atoms with Gasteiger partial charge in [-0.15, -0.1) is 0 Å². The topological polar surface area (TPSA) is 68.4 Å². The van der Waals surface area contributed by atoms with Gasteiger partial charge < -0.3 is 15.6 Å². The average Bonchev–Trinajstić information content (AvgIpc) is 2.42. The number of benzene rings is 2. The first-order valence-electron chi connectivity index (χ1n) is 5.94. The molecular formula is C15H11FN2O2. The normalized spacial score (nSPS) is 10.7. The minimum atomic E-state index is -0.566. The number of aromatic nitrogens is 1. The van der Waals surface area contributed by atoms with Gasteiger partial charge in [-0.25, -0.2) is 9.37 Å². The molecule has 3 N–H and O–H groups in total. The van der Waals surface area contributed by atoms with Gasteiger partial charge in [0.05, 0.1) is 0 Å². The monoisotopic (exact) mass is 270 g/mol. The molecule has 3 rings (SSSR count). The molecule has 0 fully saturated rings. The van der Waals surface area contributed by atoms with Crippen LogP contribution in [0.25, 0.3) is 10.8 Å². The van der Waals surface area contributed by atoms with Crippen LogP contribution in [0, 0.1) is 5.82 Å². The van der Waals surface area contributed by atoms with Gasteiger partial charge in [0.2, 0.25) is 5.88 Å². The summed E-state index contributed by atoms with van der Waals surface area (Å²) in [6.45, 7) is 0. The second-order valence-corrected chi connectivity index (χ2v) is 4.31. The summed E-state index contributed by atoms with van der Waals surface area (Å²) in [6, 6.07) is 10.8. The molecule has 0 aliphatic heterocycles. The minimum Gasteiger partial charge on any atom is -0.508 e. The summed E-state index contributed by atoms with van der Waals surface area (Å²) in [5.41, 5.74) is 5.80. The second kappa shape index (κ2) is 4.70. The maximum absolute atomic E-state index is 13.7. The molecule has 0 atom stereocenters. The van der Waals surface area contributed by atoms with Crippen LogP contribution in [0.1, 0.15) is 0 Å². The van der Waals surface area contributed by atoms with Crippen LogP contribution in [0.4, 0.5) is 10.1 Å². The molecule has 20 heavy (non-hydrogen) atoms. The molecule has 2 aromatic carbocycles. The Morgan fingerprint density at radius 2 is 1.95 bits per heavy atom. The van der Waals surface area contributed by atoms with Crippen LogP contribution < -0.4 is 10.5 Å². The molecule has 0 spiro atoms. The number of fused-ring (bicyclic) bond motifs is 1. The van der Waals surface area contributed by atoms with Crippen LogP contribution in [0.15, 0.2) is 48.7 Å². The molecule has 5 heteroatoms. The van der Waals surface area contributed by atoms with Crippen LogP contribution in [-0.4, -0.2) is 10.1 Å². The number of phenols is 1. The molecule has 1 aromatic heterocycles. The van der Waals surface area contributed by atoms with E-state index in [-0.39, 0.29) is 17.4 Å². The summed E-state index contributed by atoms with van der Waals surface area (Å²) in [5.74, 6) is -0.221. The van der Waals surface area contributed by atoms with E-state index in [1.54, 1.807) is 30.5 Å². The van der Waals surface area contributed by atoms with Gasteiger partial charge in [0.1, 0.15) is 5.75 Å². The van der Waals surface area contributed by atoms with Crippen molar-refractivity contribution in [3.8, 4) is 17.4 Å². The number of nitrogen functional groups attached to an aromatic ring is 1. The molecule has 0 unspecified atom stereocenters. The molecule has 0 amide bonds. The van der Waals surface area contributed by atoms with Crippen molar-refractivity contribution in [3.63, 3.8) is 0 Å². The predicted molar refractivity (Wildman–Crippen MR) is 74.3 cm³/mol. The number of phenolic OH excluding ortho intramolecular Hbond substituents is 1. The van der Waals surface area contributed by atoms with Gasteiger partial charge in [0.25, 0.3) is 0 Å². The lowest BCUT2D eigenvalue weighted by molar-refractivity contribution is 0.432. The number of nitrogens with zero attached hydrogens (tertiary/aromatic N) is 1. The molecule has 0 aliphatic carbocycles. The first kappa shape index (κ1) is 12.2. The van der Waals surface area contributed by atoms with Crippen molar-refractivity contribution in [2.45, 2.75) is 0 Å². The van der Waals surface area contributed by atoms with Crippen LogP contribution in [-0.2, 0) is 0 Å². The van der Waals surface area contributed by atoms with Crippen molar-refractivity contribution in [3.05, 3.63) is 54.5 Å². The Balaban J connectivity index is 2.08. The van der Waals surface area contributed by atoms with Crippen molar-refractivity contribution < 1.29 is 14.2 Å². The van der Waals surface area contributed by atoms with Crippen molar-refractivity contribution in [2.24, 2.45) is 0 Å². The quantitative estimate of drug-likeness (QED) is 0.700. The van der Waals surface area contributed by atoms with Gasteiger partial charge in [0, 0.05) is 23.3 Å². The van der Waals surface area contributed by atoms with E-state index in [4.69, 9.17) is 10.5 Å². The predicted octanol–water partition coefficient (Wildman–Crippen LogP) is 3.45. The third-order valence-electron chi connectivity index (χ3n) is 2.88. The highest BCUT2D eigenvalue weighted by Crippen LogP contribution is 2.31. The smallest absolute Gasteiger partial charge is 0.227 e. The van der Waals surface area contributed by atoms with Crippen molar-refractivity contribution in [2.75, 3.05) is 5.73 Å². The third kappa shape index (κ3) is 2.21. The van der Waals surface area contributed by atoms with Crippen LogP contribution in [0.5, 0.6) is 17.4 Å². The number of hydrogen-bond acceptors (Lipinski definition) is 4. The van der Waals surface area contributed by atoms with E-state index in [1.807, 2.05) is 0 Å². The molecule has 0 saturated heterocycles. The third-order valence-corrected chi connectivity index (χ3v) is 2.88. The van der Waals surface area contributed by atoms with Crippen molar-refractivity contribution in [1.29, 1.82) is 0 Å². The highest BCUT2D eigenvalue weighted by molar-refractivity contribution is 5.88. The molecule has 3 aromatic rings. The molecule has 4 nitrogen and oxygen atoms in total. The van der Waals surface area contributed by atoms with E-state index in [2.05, 4.69) is 4.98 Å². The lowest BCUT2D eigenvalue weighted by atomic mass is 10.1. The van der Waals surface area contributed by atoms with E-state index in [9.17, 15) is 9.50 Å².